The first-order valence-corrected chi connectivity index (χ1v) is 12.3. The lowest BCUT2D eigenvalue weighted by molar-refractivity contribution is 0.118. The smallest absolute Gasteiger partial charge is 0.0973 e. The zero-order valence-electron chi connectivity index (χ0n) is 21.6. The van der Waals surface area contributed by atoms with Gasteiger partial charge >= 0.3 is 0 Å². The van der Waals surface area contributed by atoms with Crippen LogP contribution in [0.2, 0.25) is 0 Å². The summed E-state index contributed by atoms with van der Waals surface area (Å²) >= 11 is 0. The number of nitrogens with one attached hydrogen (secondary N) is 1. The van der Waals surface area contributed by atoms with Gasteiger partial charge in [-0.05, 0) is 62.4 Å². The predicted octanol–water partition coefficient (Wildman–Crippen LogP) is 5.45. The van der Waals surface area contributed by atoms with Crippen molar-refractivity contribution < 1.29 is 9.47 Å². The minimum absolute atomic E-state index is 0.162. The Bertz CT molecular complexity index is 1540. The number of methoxy groups -OCH3 is 2. The van der Waals surface area contributed by atoms with Gasteiger partial charge in [-0.15, -0.1) is 0 Å². The molecule has 1 aliphatic heterocycles. The van der Waals surface area contributed by atoms with E-state index in [2.05, 4.69) is 64.3 Å². The number of hydrogen-bond acceptors (Lipinski definition) is 6. The molecule has 2 aliphatic rings. The van der Waals surface area contributed by atoms with Gasteiger partial charge < -0.3 is 19.4 Å². The minimum atomic E-state index is -0.162. The second-order valence-corrected chi connectivity index (χ2v) is 9.14. The fourth-order valence-electron chi connectivity index (χ4n) is 4.42. The van der Waals surface area contributed by atoms with E-state index in [1.54, 1.807) is 14.2 Å². The topological polar surface area (TPSA) is 73.6 Å². The van der Waals surface area contributed by atoms with E-state index < -0.39 is 0 Å². The highest BCUT2D eigenvalue weighted by atomic mass is 16.5. The molecule has 0 radical (unpaired) electrons. The maximum absolute atomic E-state index is 5.43. The molecule has 7 nitrogen and oxygen atoms in total. The number of ether oxygens (including phenoxy) is 2. The van der Waals surface area contributed by atoms with Crippen molar-refractivity contribution in [1.82, 2.24) is 14.5 Å². The van der Waals surface area contributed by atoms with E-state index in [4.69, 9.17) is 19.5 Å². The van der Waals surface area contributed by atoms with Crippen LogP contribution in [0.3, 0.4) is 0 Å². The molecule has 0 amide bonds. The molecule has 37 heavy (non-hydrogen) atoms. The van der Waals surface area contributed by atoms with Crippen LogP contribution in [0.5, 0.6) is 0 Å². The average molecular weight is 494 g/mol. The molecule has 3 aromatic rings. The molecule has 188 valence electrons. The monoisotopic (exact) mass is 493 g/mol. The van der Waals surface area contributed by atoms with Crippen LogP contribution in [0.4, 0.5) is 11.4 Å². The molecule has 2 aromatic carbocycles. The third kappa shape index (κ3) is 5.38. The molecular weight excluding hydrogens is 462 g/mol. The largest absolute Gasteiger partial charge is 0.382 e. The number of fused-ring (bicyclic) bond motifs is 2. The highest BCUT2D eigenvalue weighted by molar-refractivity contribution is 5.84. The Morgan fingerprint density at radius 1 is 0.919 bits per heavy atom. The number of pyridine rings is 1. The summed E-state index contributed by atoms with van der Waals surface area (Å²) in [6, 6.07) is 24.7. The molecule has 0 saturated heterocycles. The molecule has 0 bridgehead atoms. The molecule has 7 heteroatoms. The number of hydrogen-bond donors (Lipinski definition) is 1. The SMILES string of the molecule is COCC(COC)N=c1cc2n(-c3ccc(C)cc3)c3ccccc3nc-2cc1Nc1ccc(C)nc1. The van der Waals surface area contributed by atoms with Crippen LogP contribution in [0.15, 0.2) is 84.0 Å². The Hall–Kier alpha value is -4.07. The number of anilines is 2. The summed E-state index contributed by atoms with van der Waals surface area (Å²) in [5, 5.41) is 4.31. The summed E-state index contributed by atoms with van der Waals surface area (Å²) in [5.74, 6) is 0. The Morgan fingerprint density at radius 3 is 2.38 bits per heavy atom. The van der Waals surface area contributed by atoms with Gasteiger partial charge in [-0.1, -0.05) is 29.8 Å². The number of benzene rings is 3. The summed E-state index contributed by atoms with van der Waals surface area (Å²) in [6.45, 7) is 4.97. The molecule has 1 N–H and O–H groups in total. The highest BCUT2D eigenvalue weighted by Crippen LogP contribution is 2.30. The zero-order valence-corrected chi connectivity index (χ0v) is 21.6. The summed E-state index contributed by atoms with van der Waals surface area (Å²) in [4.78, 5) is 14.5. The van der Waals surface area contributed by atoms with Gasteiger partial charge in [-0.3, -0.25) is 9.98 Å². The Balaban J connectivity index is 1.79. The molecule has 2 heterocycles. The van der Waals surface area contributed by atoms with E-state index >= 15 is 0 Å². The second-order valence-electron chi connectivity index (χ2n) is 9.14. The lowest BCUT2D eigenvalue weighted by Crippen LogP contribution is -2.24. The third-order valence-corrected chi connectivity index (χ3v) is 6.22. The first-order chi connectivity index (χ1) is 18.1. The minimum Gasteiger partial charge on any atom is -0.382 e. The van der Waals surface area contributed by atoms with Gasteiger partial charge in [0.25, 0.3) is 0 Å². The maximum atomic E-state index is 5.43. The summed E-state index contributed by atoms with van der Waals surface area (Å²) < 4.78 is 13.1. The van der Waals surface area contributed by atoms with Gasteiger partial charge in [0, 0.05) is 25.6 Å². The average Bonchev–Trinajstić information content (AvgIpc) is 2.90. The van der Waals surface area contributed by atoms with Crippen molar-refractivity contribution in [2.45, 2.75) is 19.9 Å². The van der Waals surface area contributed by atoms with Crippen LogP contribution < -0.4 is 10.7 Å². The van der Waals surface area contributed by atoms with E-state index in [-0.39, 0.29) is 6.04 Å². The van der Waals surface area contributed by atoms with Crippen LogP contribution >= 0.6 is 0 Å². The van der Waals surface area contributed by atoms with Gasteiger partial charge in [0.05, 0.1) is 64.6 Å². The summed E-state index contributed by atoms with van der Waals surface area (Å²) in [7, 11) is 3.36. The molecule has 5 rings (SSSR count). The van der Waals surface area contributed by atoms with Gasteiger partial charge in [0.2, 0.25) is 0 Å². The Morgan fingerprint density at radius 2 is 1.68 bits per heavy atom. The molecule has 1 aliphatic carbocycles. The lowest BCUT2D eigenvalue weighted by atomic mass is 10.1. The fourth-order valence-corrected chi connectivity index (χ4v) is 4.42. The van der Waals surface area contributed by atoms with Crippen molar-refractivity contribution in [1.29, 1.82) is 0 Å². The van der Waals surface area contributed by atoms with E-state index in [1.807, 2.05) is 43.5 Å². The number of aryl methyl sites for hydroxylation is 2. The number of rotatable bonds is 8. The lowest BCUT2D eigenvalue weighted by Gasteiger charge is -2.21. The van der Waals surface area contributed by atoms with Gasteiger partial charge in [0.15, 0.2) is 0 Å². The third-order valence-electron chi connectivity index (χ3n) is 6.22. The van der Waals surface area contributed by atoms with Crippen LogP contribution in [0.25, 0.3) is 28.1 Å². The van der Waals surface area contributed by atoms with E-state index in [0.29, 0.717) is 13.2 Å². The number of nitrogens with zero attached hydrogens (tertiary/aromatic N) is 4. The van der Waals surface area contributed by atoms with Crippen LogP contribution in [0.1, 0.15) is 11.3 Å². The fraction of sp³-hybridized carbons (Fsp3) is 0.233. The van der Waals surface area contributed by atoms with E-state index in [0.717, 1.165) is 50.5 Å². The predicted molar refractivity (Wildman–Crippen MR) is 148 cm³/mol. The van der Waals surface area contributed by atoms with Crippen molar-refractivity contribution in [2.24, 2.45) is 4.99 Å². The van der Waals surface area contributed by atoms with Gasteiger partial charge in [-0.2, -0.15) is 0 Å². The molecule has 0 unspecified atom stereocenters. The summed E-state index contributed by atoms with van der Waals surface area (Å²) in [6.07, 6.45) is 1.82. The Labute approximate surface area is 216 Å². The van der Waals surface area contributed by atoms with Crippen molar-refractivity contribution in [3.05, 3.63) is 95.6 Å². The molecule has 1 aromatic heterocycles. The standard InChI is InChI=1S/C30H31N5O2/c1-20-9-13-24(14-10-20)35-29-8-6-5-7-25(29)34-28-15-26(32-22-12-11-21(2)31-17-22)27(16-30(28)35)33-23(18-36-3)19-37-4/h5-17,23,32H,18-19H2,1-4H3. The van der Waals surface area contributed by atoms with E-state index in [9.17, 15) is 0 Å². The first-order valence-electron chi connectivity index (χ1n) is 12.3. The van der Waals surface area contributed by atoms with Gasteiger partial charge in [0.1, 0.15) is 0 Å². The molecular formula is C30H31N5O2. The van der Waals surface area contributed by atoms with Crippen molar-refractivity contribution in [2.75, 3.05) is 32.8 Å². The molecule has 0 fully saturated rings. The highest BCUT2D eigenvalue weighted by Gasteiger charge is 2.17. The van der Waals surface area contributed by atoms with Crippen molar-refractivity contribution >= 4 is 22.4 Å². The number of aromatic nitrogens is 3. The Kier molecular flexibility index (Phi) is 7.25. The summed E-state index contributed by atoms with van der Waals surface area (Å²) in [5.41, 5.74) is 8.72. The molecule has 0 atom stereocenters. The quantitative estimate of drug-likeness (QED) is 0.291. The van der Waals surface area contributed by atoms with Gasteiger partial charge in [-0.25, -0.2) is 4.98 Å². The van der Waals surface area contributed by atoms with Crippen molar-refractivity contribution in [3.8, 4) is 17.1 Å². The van der Waals surface area contributed by atoms with Crippen molar-refractivity contribution in [3.63, 3.8) is 0 Å². The molecule has 0 spiro atoms. The second kappa shape index (κ2) is 10.9. The van der Waals surface area contributed by atoms with Crippen LogP contribution in [-0.4, -0.2) is 48.0 Å². The van der Waals surface area contributed by atoms with Crippen LogP contribution in [-0.2, 0) is 9.47 Å². The van der Waals surface area contributed by atoms with Crippen LogP contribution in [0, 0.1) is 13.8 Å². The first kappa shape index (κ1) is 24.6. The zero-order chi connectivity index (χ0) is 25.8. The number of para-hydroxylation sites is 2. The normalized spacial score (nSPS) is 12.1. The maximum Gasteiger partial charge on any atom is 0.0973 e. The molecule has 0 saturated carbocycles. The van der Waals surface area contributed by atoms with E-state index in [1.165, 1.54) is 5.56 Å².